The van der Waals surface area contributed by atoms with Crippen LogP contribution in [0.3, 0.4) is 0 Å². The first-order valence-corrected chi connectivity index (χ1v) is 4.67. The molecule has 0 atom stereocenters. The van der Waals surface area contributed by atoms with Gasteiger partial charge in [0.15, 0.2) is 5.16 Å². The molecule has 0 unspecified atom stereocenters. The van der Waals surface area contributed by atoms with E-state index < -0.39 is 0 Å². The molecule has 14 heavy (non-hydrogen) atoms. The summed E-state index contributed by atoms with van der Waals surface area (Å²) >= 11 is 1.41. The third kappa shape index (κ3) is 2.01. The summed E-state index contributed by atoms with van der Waals surface area (Å²) in [5.74, 6) is 5.57. The zero-order valence-electron chi connectivity index (χ0n) is 7.14. The highest BCUT2D eigenvalue weighted by Crippen LogP contribution is 2.21. The zero-order valence-corrected chi connectivity index (χ0v) is 7.95. The van der Waals surface area contributed by atoms with Gasteiger partial charge in [0.2, 0.25) is 5.95 Å². The molecule has 0 aromatic carbocycles. The number of hydrogen-bond acceptors (Lipinski definition) is 6. The van der Waals surface area contributed by atoms with E-state index in [0.717, 1.165) is 10.2 Å². The van der Waals surface area contributed by atoms with Gasteiger partial charge < -0.3 is 4.98 Å². The summed E-state index contributed by atoms with van der Waals surface area (Å²) < 4.78 is 0. The Morgan fingerprint density at radius 1 is 1.36 bits per heavy atom. The van der Waals surface area contributed by atoms with Crippen molar-refractivity contribution in [1.82, 2.24) is 19.9 Å². The number of imidazole rings is 1. The molecule has 0 spiro atoms. The topological polar surface area (TPSA) is 92.5 Å². The normalized spacial score (nSPS) is 10.1. The van der Waals surface area contributed by atoms with Gasteiger partial charge in [0, 0.05) is 18.6 Å². The Morgan fingerprint density at radius 2 is 2.29 bits per heavy atom. The summed E-state index contributed by atoms with van der Waals surface area (Å²) in [6, 6.07) is 1.79. The fourth-order valence-corrected chi connectivity index (χ4v) is 1.57. The van der Waals surface area contributed by atoms with E-state index >= 15 is 0 Å². The van der Waals surface area contributed by atoms with E-state index in [-0.39, 0.29) is 0 Å². The van der Waals surface area contributed by atoms with Crippen molar-refractivity contribution in [2.75, 3.05) is 5.43 Å². The lowest BCUT2D eigenvalue weighted by molar-refractivity contribution is 1.01. The first-order chi connectivity index (χ1) is 6.88. The van der Waals surface area contributed by atoms with Crippen LogP contribution >= 0.6 is 11.8 Å². The molecule has 0 aliphatic rings. The van der Waals surface area contributed by atoms with Crippen molar-refractivity contribution < 1.29 is 0 Å². The maximum absolute atomic E-state index is 5.18. The number of rotatable bonds is 3. The van der Waals surface area contributed by atoms with E-state index in [9.17, 15) is 0 Å². The molecule has 0 fully saturated rings. The number of H-pyrrole nitrogens is 1. The number of nitrogens with two attached hydrogens (primary N) is 1. The molecule has 2 aromatic rings. The van der Waals surface area contributed by atoms with Gasteiger partial charge in [-0.1, -0.05) is 0 Å². The Balaban J connectivity index is 2.17. The van der Waals surface area contributed by atoms with E-state index in [1.54, 1.807) is 24.7 Å². The molecule has 0 aliphatic heterocycles. The van der Waals surface area contributed by atoms with Crippen molar-refractivity contribution in [3.63, 3.8) is 0 Å². The van der Waals surface area contributed by atoms with Gasteiger partial charge in [0.05, 0.1) is 0 Å². The molecule has 0 radical (unpaired) electrons. The molecular formula is C7H8N6S. The van der Waals surface area contributed by atoms with Crippen LogP contribution in [-0.4, -0.2) is 19.9 Å². The van der Waals surface area contributed by atoms with Gasteiger partial charge in [-0.15, -0.1) is 0 Å². The predicted molar refractivity (Wildman–Crippen MR) is 52.6 cm³/mol. The van der Waals surface area contributed by atoms with Crippen molar-refractivity contribution in [2.24, 2.45) is 5.84 Å². The molecule has 0 bridgehead atoms. The minimum absolute atomic E-state index is 0.390. The number of aromatic nitrogens is 4. The largest absolute Gasteiger partial charge is 0.339 e. The van der Waals surface area contributed by atoms with Crippen LogP contribution in [0.25, 0.3) is 0 Å². The Labute approximate surface area is 84.3 Å². The number of nitrogens with zero attached hydrogens (tertiary/aromatic N) is 3. The average molecular weight is 208 g/mol. The smallest absolute Gasteiger partial charge is 0.238 e. The van der Waals surface area contributed by atoms with Crippen LogP contribution in [0.4, 0.5) is 5.95 Å². The molecule has 7 heteroatoms. The maximum atomic E-state index is 5.18. The molecule has 0 amide bonds. The van der Waals surface area contributed by atoms with E-state index in [4.69, 9.17) is 5.84 Å². The van der Waals surface area contributed by atoms with Gasteiger partial charge in [-0.3, -0.25) is 5.43 Å². The van der Waals surface area contributed by atoms with Crippen LogP contribution < -0.4 is 11.3 Å². The number of nitrogen functional groups attached to an aromatic ring is 1. The van der Waals surface area contributed by atoms with Gasteiger partial charge >= 0.3 is 0 Å². The standard InChI is InChI=1S/C7H8N6S/c8-13-6-9-2-1-5(12-6)14-7-10-3-4-11-7/h1-4H,8H2,(H,10,11)(H,9,12,13). The van der Waals surface area contributed by atoms with Gasteiger partial charge in [0.1, 0.15) is 5.03 Å². The third-order valence-corrected chi connectivity index (χ3v) is 2.29. The summed E-state index contributed by atoms with van der Waals surface area (Å²) in [5.41, 5.74) is 2.38. The SMILES string of the molecule is NNc1nccc(Sc2ncc[nH]2)n1. The number of hydrazine groups is 1. The van der Waals surface area contributed by atoms with Crippen LogP contribution in [0.5, 0.6) is 0 Å². The molecule has 2 aromatic heterocycles. The van der Waals surface area contributed by atoms with Crippen LogP contribution in [0, 0.1) is 0 Å². The van der Waals surface area contributed by atoms with Crippen LogP contribution in [-0.2, 0) is 0 Å². The fourth-order valence-electron chi connectivity index (χ4n) is 0.874. The van der Waals surface area contributed by atoms with Crippen molar-refractivity contribution >= 4 is 17.7 Å². The Bertz CT molecular complexity index is 400. The highest BCUT2D eigenvalue weighted by Gasteiger charge is 2.01. The molecule has 4 N–H and O–H groups in total. The summed E-state index contributed by atoms with van der Waals surface area (Å²) in [6.45, 7) is 0. The maximum Gasteiger partial charge on any atom is 0.238 e. The lowest BCUT2D eigenvalue weighted by Gasteiger charge is -1.99. The van der Waals surface area contributed by atoms with Gasteiger partial charge in [-0.2, -0.15) is 0 Å². The highest BCUT2D eigenvalue weighted by molar-refractivity contribution is 7.99. The molecule has 72 valence electrons. The van der Waals surface area contributed by atoms with Crippen molar-refractivity contribution in [3.8, 4) is 0 Å². The number of aromatic amines is 1. The van der Waals surface area contributed by atoms with Crippen molar-refractivity contribution in [3.05, 3.63) is 24.7 Å². The van der Waals surface area contributed by atoms with Gasteiger partial charge in [-0.05, 0) is 17.8 Å². The third-order valence-electron chi connectivity index (χ3n) is 1.43. The summed E-state index contributed by atoms with van der Waals surface area (Å²) in [7, 11) is 0. The summed E-state index contributed by atoms with van der Waals surface area (Å²) in [4.78, 5) is 15.0. The molecule has 2 rings (SSSR count). The lowest BCUT2D eigenvalue weighted by Crippen LogP contribution is -2.10. The summed E-state index contributed by atoms with van der Waals surface area (Å²) in [5, 5.41) is 1.56. The second-order valence-electron chi connectivity index (χ2n) is 2.36. The van der Waals surface area contributed by atoms with E-state index in [1.807, 2.05) is 0 Å². The molecule has 0 saturated carbocycles. The average Bonchev–Trinajstić information content (AvgIpc) is 2.71. The number of nitrogens with one attached hydrogen (secondary N) is 2. The Morgan fingerprint density at radius 3 is 3.00 bits per heavy atom. The Kier molecular flexibility index (Phi) is 2.61. The minimum Gasteiger partial charge on any atom is -0.339 e. The van der Waals surface area contributed by atoms with Gasteiger partial charge in [0.25, 0.3) is 0 Å². The summed E-state index contributed by atoms with van der Waals surface area (Å²) in [6.07, 6.45) is 5.07. The predicted octanol–water partition coefficient (Wildman–Crippen LogP) is 0.636. The van der Waals surface area contributed by atoms with Gasteiger partial charge in [-0.25, -0.2) is 20.8 Å². The van der Waals surface area contributed by atoms with E-state index in [2.05, 4.69) is 25.4 Å². The van der Waals surface area contributed by atoms with E-state index in [1.165, 1.54) is 11.8 Å². The molecule has 2 heterocycles. The molecular weight excluding hydrogens is 200 g/mol. The molecule has 0 aliphatic carbocycles. The van der Waals surface area contributed by atoms with E-state index in [0.29, 0.717) is 5.95 Å². The highest BCUT2D eigenvalue weighted by atomic mass is 32.2. The number of hydrogen-bond donors (Lipinski definition) is 3. The first-order valence-electron chi connectivity index (χ1n) is 3.85. The quantitative estimate of drug-likeness (QED) is 0.389. The fraction of sp³-hybridized carbons (Fsp3) is 0. The van der Waals surface area contributed by atoms with Crippen LogP contribution in [0.15, 0.2) is 34.8 Å². The second-order valence-corrected chi connectivity index (χ2v) is 3.37. The minimum atomic E-state index is 0.390. The second kappa shape index (κ2) is 4.07. The van der Waals surface area contributed by atoms with Crippen molar-refractivity contribution in [2.45, 2.75) is 10.2 Å². The molecule has 6 nitrogen and oxygen atoms in total. The molecule has 0 saturated heterocycles. The number of anilines is 1. The Hall–Kier alpha value is -1.60. The first kappa shape index (κ1) is 8.97. The van der Waals surface area contributed by atoms with Crippen LogP contribution in [0.2, 0.25) is 0 Å². The zero-order chi connectivity index (χ0) is 9.80. The monoisotopic (exact) mass is 208 g/mol. The van der Waals surface area contributed by atoms with Crippen LogP contribution in [0.1, 0.15) is 0 Å². The van der Waals surface area contributed by atoms with Crippen molar-refractivity contribution in [1.29, 1.82) is 0 Å². The lowest BCUT2D eigenvalue weighted by atomic mass is 10.7.